The molecule has 0 atom stereocenters. The van der Waals surface area contributed by atoms with Crippen LogP contribution in [-0.4, -0.2) is 29.0 Å². The minimum atomic E-state index is 0.0705. The summed E-state index contributed by atoms with van der Waals surface area (Å²) in [5.41, 5.74) is 8.54. The number of nitrogens with two attached hydrogens (primary N) is 1. The summed E-state index contributed by atoms with van der Waals surface area (Å²) in [4.78, 5) is 14.2. The van der Waals surface area contributed by atoms with E-state index in [2.05, 4.69) is 21.0 Å². The summed E-state index contributed by atoms with van der Waals surface area (Å²) in [7, 11) is 3.60. The molecule has 0 amide bonds. The number of rotatable bonds is 3. The minimum absolute atomic E-state index is 0.0705. The van der Waals surface area contributed by atoms with E-state index in [0.29, 0.717) is 11.5 Å². The summed E-state index contributed by atoms with van der Waals surface area (Å²) in [5, 5.41) is 11.6. The summed E-state index contributed by atoms with van der Waals surface area (Å²) in [6.07, 6.45) is 1.73. The predicted molar refractivity (Wildman–Crippen MR) is 106 cm³/mol. The highest BCUT2D eigenvalue weighted by molar-refractivity contribution is 6.06. The molecule has 0 aliphatic carbocycles. The van der Waals surface area contributed by atoms with E-state index in [1.54, 1.807) is 25.1 Å². The third-order valence-corrected chi connectivity index (χ3v) is 4.11. The molecule has 4 rings (SSSR count). The van der Waals surface area contributed by atoms with Gasteiger partial charge in [0.15, 0.2) is 5.82 Å². The molecule has 0 aliphatic heterocycles. The third kappa shape index (κ3) is 3.04. The fraction of sp³-hybridized carbons (Fsp3) is 0.100. The van der Waals surface area contributed by atoms with Gasteiger partial charge in [0.05, 0.1) is 5.57 Å². The zero-order chi connectivity index (χ0) is 19.0. The van der Waals surface area contributed by atoms with Crippen LogP contribution in [-0.2, 0) is 0 Å². The SMILES string of the molecule is CN(C)c1nc(N)nc(C(C#N)=Cc2ccc3oc4ccccc4c3c2)n1. The van der Waals surface area contributed by atoms with Gasteiger partial charge in [-0.15, -0.1) is 0 Å². The van der Waals surface area contributed by atoms with E-state index in [0.717, 1.165) is 27.5 Å². The Bertz CT molecular complexity index is 1230. The standard InChI is InChI=1S/C20H16N6O/c1-26(2)20-24-18(23-19(22)25-20)13(11-21)9-12-7-8-17-15(10-12)14-5-3-4-6-16(14)27-17/h3-10H,1-2H3,(H2,22,23,24,25). The predicted octanol–water partition coefficient (Wildman–Crippen LogP) is 3.48. The van der Waals surface area contributed by atoms with Crippen molar-refractivity contribution in [3.8, 4) is 6.07 Å². The number of aromatic nitrogens is 3. The van der Waals surface area contributed by atoms with E-state index in [1.807, 2.05) is 42.5 Å². The second-order valence-electron chi connectivity index (χ2n) is 6.24. The van der Waals surface area contributed by atoms with Gasteiger partial charge in [0.25, 0.3) is 0 Å². The maximum absolute atomic E-state index is 9.61. The number of allylic oxidation sites excluding steroid dienone is 1. The first kappa shape index (κ1) is 16.5. The topological polar surface area (TPSA) is 105 Å². The fourth-order valence-corrected chi connectivity index (χ4v) is 2.85. The quantitative estimate of drug-likeness (QED) is 0.560. The van der Waals surface area contributed by atoms with Gasteiger partial charge in [0.1, 0.15) is 17.2 Å². The van der Waals surface area contributed by atoms with Crippen LogP contribution in [0.1, 0.15) is 11.4 Å². The van der Waals surface area contributed by atoms with Crippen LogP contribution in [0.5, 0.6) is 0 Å². The summed E-state index contributed by atoms with van der Waals surface area (Å²) in [6.45, 7) is 0. The summed E-state index contributed by atoms with van der Waals surface area (Å²) >= 11 is 0. The van der Waals surface area contributed by atoms with Crippen molar-refractivity contribution in [1.82, 2.24) is 15.0 Å². The van der Waals surface area contributed by atoms with Crippen LogP contribution in [0.4, 0.5) is 11.9 Å². The highest BCUT2D eigenvalue weighted by atomic mass is 16.3. The van der Waals surface area contributed by atoms with Crippen molar-refractivity contribution < 1.29 is 4.42 Å². The smallest absolute Gasteiger partial charge is 0.230 e. The second-order valence-corrected chi connectivity index (χ2v) is 6.24. The normalized spacial score (nSPS) is 11.7. The lowest BCUT2D eigenvalue weighted by Crippen LogP contribution is -2.15. The number of nitrogens with zero attached hydrogens (tertiary/aromatic N) is 5. The number of para-hydroxylation sites is 1. The Balaban J connectivity index is 1.83. The number of fused-ring (bicyclic) bond motifs is 3. The van der Waals surface area contributed by atoms with Crippen molar-refractivity contribution in [3.05, 3.63) is 53.9 Å². The Morgan fingerprint density at radius 1 is 1.07 bits per heavy atom. The monoisotopic (exact) mass is 356 g/mol. The molecule has 2 aromatic carbocycles. The number of hydrogen-bond donors (Lipinski definition) is 1. The molecule has 7 heteroatoms. The Hall–Kier alpha value is -3.92. The van der Waals surface area contributed by atoms with Crippen LogP contribution in [0.15, 0.2) is 46.9 Å². The number of furan rings is 1. The Morgan fingerprint density at radius 2 is 1.85 bits per heavy atom. The van der Waals surface area contributed by atoms with Gasteiger partial charge < -0.3 is 15.1 Å². The van der Waals surface area contributed by atoms with Crippen molar-refractivity contribution in [1.29, 1.82) is 5.26 Å². The van der Waals surface area contributed by atoms with Gasteiger partial charge in [-0.1, -0.05) is 24.3 Å². The molecular formula is C20H16N6O. The first-order valence-corrected chi connectivity index (χ1v) is 8.27. The van der Waals surface area contributed by atoms with Crippen molar-refractivity contribution in [2.75, 3.05) is 24.7 Å². The lowest BCUT2D eigenvalue weighted by Gasteiger charge is -2.11. The molecule has 4 aromatic rings. The first-order chi connectivity index (χ1) is 13.0. The molecule has 0 saturated carbocycles. The van der Waals surface area contributed by atoms with E-state index in [9.17, 15) is 5.26 Å². The number of hydrogen-bond acceptors (Lipinski definition) is 7. The van der Waals surface area contributed by atoms with E-state index >= 15 is 0 Å². The molecule has 2 aromatic heterocycles. The van der Waals surface area contributed by atoms with Crippen LogP contribution in [0, 0.1) is 11.3 Å². The molecule has 0 unspecified atom stereocenters. The Kier molecular flexibility index (Phi) is 3.94. The largest absolute Gasteiger partial charge is 0.456 e. The van der Waals surface area contributed by atoms with Crippen molar-refractivity contribution >= 4 is 45.5 Å². The Labute approximate surface area is 155 Å². The van der Waals surface area contributed by atoms with Gasteiger partial charge in [0.2, 0.25) is 11.9 Å². The lowest BCUT2D eigenvalue weighted by atomic mass is 10.1. The van der Waals surface area contributed by atoms with Crippen molar-refractivity contribution in [3.63, 3.8) is 0 Å². The van der Waals surface area contributed by atoms with Crippen LogP contribution in [0.2, 0.25) is 0 Å². The van der Waals surface area contributed by atoms with E-state index in [4.69, 9.17) is 10.2 Å². The molecule has 0 radical (unpaired) electrons. The molecule has 0 spiro atoms. The number of benzene rings is 2. The van der Waals surface area contributed by atoms with Crippen LogP contribution in [0.25, 0.3) is 33.6 Å². The van der Waals surface area contributed by atoms with Crippen LogP contribution < -0.4 is 10.6 Å². The first-order valence-electron chi connectivity index (χ1n) is 8.27. The summed E-state index contributed by atoms with van der Waals surface area (Å²) < 4.78 is 5.84. The van der Waals surface area contributed by atoms with Gasteiger partial charge in [-0.25, -0.2) is 0 Å². The van der Waals surface area contributed by atoms with Crippen molar-refractivity contribution in [2.45, 2.75) is 0 Å². The lowest BCUT2D eigenvalue weighted by molar-refractivity contribution is 0.669. The number of anilines is 2. The van der Waals surface area contributed by atoms with Gasteiger partial charge in [-0.3, -0.25) is 0 Å². The average molecular weight is 356 g/mol. The van der Waals surface area contributed by atoms with Gasteiger partial charge in [-0.05, 0) is 29.8 Å². The average Bonchev–Trinajstić information content (AvgIpc) is 3.03. The van der Waals surface area contributed by atoms with Gasteiger partial charge >= 0.3 is 0 Å². The highest BCUT2D eigenvalue weighted by Gasteiger charge is 2.12. The summed E-state index contributed by atoms with van der Waals surface area (Å²) in [6, 6.07) is 15.8. The molecule has 7 nitrogen and oxygen atoms in total. The minimum Gasteiger partial charge on any atom is -0.456 e. The van der Waals surface area contributed by atoms with E-state index < -0.39 is 0 Å². The van der Waals surface area contributed by atoms with E-state index in [1.165, 1.54) is 0 Å². The maximum atomic E-state index is 9.61. The van der Waals surface area contributed by atoms with Crippen LogP contribution in [0.3, 0.4) is 0 Å². The zero-order valence-electron chi connectivity index (χ0n) is 14.8. The van der Waals surface area contributed by atoms with Gasteiger partial charge in [-0.2, -0.15) is 20.2 Å². The molecule has 0 saturated heterocycles. The zero-order valence-corrected chi connectivity index (χ0v) is 14.8. The van der Waals surface area contributed by atoms with Crippen molar-refractivity contribution in [2.24, 2.45) is 0 Å². The van der Waals surface area contributed by atoms with Gasteiger partial charge in [0, 0.05) is 24.9 Å². The maximum Gasteiger partial charge on any atom is 0.230 e. The molecular weight excluding hydrogens is 340 g/mol. The number of nitrogen functional groups attached to an aromatic ring is 1. The summed E-state index contributed by atoms with van der Waals surface area (Å²) in [5.74, 6) is 0.710. The molecule has 132 valence electrons. The highest BCUT2D eigenvalue weighted by Crippen LogP contribution is 2.30. The molecule has 0 fully saturated rings. The third-order valence-electron chi connectivity index (χ3n) is 4.11. The molecule has 27 heavy (non-hydrogen) atoms. The van der Waals surface area contributed by atoms with E-state index in [-0.39, 0.29) is 11.8 Å². The number of nitriles is 1. The molecule has 2 N–H and O–H groups in total. The second kappa shape index (κ2) is 6.42. The molecule has 0 bridgehead atoms. The molecule has 0 aliphatic rings. The fourth-order valence-electron chi connectivity index (χ4n) is 2.85. The Morgan fingerprint density at radius 3 is 2.63 bits per heavy atom. The molecule has 2 heterocycles. The van der Waals surface area contributed by atoms with Crippen LogP contribution >= 0.6 is 0 Å².